The summed E-state index contributed by atoms with van der Waals surface area (Å²) in [6.45, 7) is -0.141. The second-order valence-corrected chi connectivity index (χ2v) is 9.50. The summed E-state index contributed by atoms with van der Waals surface area (Å²) in [5.74, 6) is 0.150. The molecule has 2 saturated heterocycles. The Morgan fingerprint density at radius 1 is 1.40 bits per heavy atom. The lowest BCUT2D eigenvalue weighted by molar-refractivity contribution is -0.121. The molecule has 3 rings (SSSR count). The van der Waals surface area contributed by atoms with Gasteiger partial charge in [0.15, 0.2) is 15.0 Å². The van der Waals surface area contributed by atoms with E-state index in [0.29, 0.717) is 21.6 Å². The predicted molar refractivity (Wildman–Crippen MR) is 98.6 cm³/mol. The summed E-state index contributed by atoms with van der Waals surface area (Å²) >= 11 is 7.41. The number of rotatable bonds is 4. The van der Waals surface area contributed by atoms with E-state index >= 15 is 0 Å². The number of ether oxygens (including phenoxy) is 2. The van der Waals surface area contributed by atoms with Gasteiger partial charge in [-0.05, 0) is 18.2 Å². The van der Waals surface area contributed by atoms with Crippen LogP contribution in [0.25, 0.3) is 0 Å². The molecule has 1 aromatic carbocycles. The summed E-state index contributed by atoms with van der Waals surface area (Å²) < 4.78 is 34.3. The third-order valence-corrected chi connectivity index (χ3v) is 7.40. The largest absolute Gasteiger partial charge is 0.495 e. The van der Waals surface area contributed by atoms with Crippen molar-refractivity contribution in [1.82, 2.24) is 0 Å². The standard InChI is InChI=1S/C15H17ClN2O5S2/c1-22-6-14(19)17-15-18(10-5-9(16)3-4-12(10)23-2)11-7-25(20,21)8-13(11)24-15/h3-5,11,13H,6-8H2,1-2H3/t11-,13-/m1/s1. The van der Waals surface area contributed by atoms with E-state index in [0.717, 1.165) is 0 Å². The molecule has 0 N–H and O–H groups in total. The first-order chi connectivity index (χ1) is 11.8. The normalized spacial score (nSPS) is 26.0. The van der Waals surface area contributed by atoms with Crippen molar-refractivity contribution in [1.29, 1.82) is 0 Å². The van der Waals surface area contributed by atoms with Crippen molar-refractivity contribution in [3.63, 3.8) is 0 Å². The lowest BCUT2D eigenvalue weighted by atomic mass is 10.2. The number of amidine groups is 1. The number of methoxy groups -OCH3 is 2. The molecule has 0 spiro atoms. The highest BCUT2D eigenvalue weighted by atomic mass is 35.5. The highest BCUT2D eigenvalue weighted by molar-refractivity contribution is 8.16. The molecule has 1 aromatic rings. The summed E-state index contributed by atoms with van der Waals surface area (Å²) in [7, 11) is -0.204. The molecule has 2 heterocycles. The Hall–Kier alpha value is -1.29. The number of anilines is 1. The Kier molecular flexibility index (Phi) is 5.29. The van der Waals surface area contributed by atoms with E-state index in [9.17, 15) is 13.2 Å². The summed E-state index contributed by atoms with van der Waals surface area (Å²) in [4.78, 5) is 17.8. The lowest BCUT2D eigenvalue weighted by Crippen LogP contribution is -2.38. The van der Waals surface area contributed by atoms with Gasteiger partial charge in [0.2, 0.25) is 0 Å². The Morgan fingerprint density at radius 2 is 2.16 bits per heavy atom. The Balaban J connectivity index is 2.07. The predicted octanol–water partition coefficient (Wildman–Crippen LogP) is 1.60. The monoisotopic (exact) mass is 404 g/mol. The molecule has 0 aliphatic carbocycles. The zero-order valence-corrected chi connectivity index (χ0v) is 16.0. The van der Waals surface area contributed by atoms with E-state index < -0.39 is 15.7 Å². The first kappa shape index (κ1) is 18.5. The van der Waals surface area contributed by atoms with Crippen molar-refractivity contribution >= 4 is 50.0 Å². The van der Waals surface area contributed by atoms with Gasteiger partial charge in [-0.2, -0.15) is 4.99 Å². The van der Waals surface area contributed by atoms with E-state index in [-0.39, 0.29) is 29.4 Å². The fraction of sp³-hybridized carbons (Fsp3) is 0.467. The van der Waals surface area contributed by atoms with Crippen LogP contribution in [0.2, 0.25) is 5.02 Å². The van der Waals surface area contributed by atoms with Crippen LogP contribution in [0.4, 0.5) is 5.69 Å². The van der Waals surface area contributed by atoms with Crippen LogP contribution < -0.4 is 9.64 Å². The quantitative estimate of drug-likeness (QED) is 0.753. The molecule has 2 fully saturated rings. The maximum Gasteiger partial charge on any atom is 0.274 e. The highest BCUT2D eigenvalue weighted by Crippen LogP contribution is 2.44. The topological polar surface area (TPSA) is 85.3 Å². The number of carbonyl (C=O) groups excluding carboxylic acids is 1. The number of sulfone groups is 1. The van der Waals surface area contributed by atoms with Gasteiger partial charge >= 0.3 is 0 Å². The van der Waals surface area contributed by atoms with Gasteiger partial charge < -0.3 is 14.4 Å². The number of thioether (sulfide) groups is 1. The summed E-state index contributed by atoms with van der Waals surface area (Å²) in [5, 5.41) is 0.725. The van der Waals surface area contributed by atoms with Crippen LogP contribution >= 0.6 is 23.4 Å². The van der Waals surface area contributed by atoms with Crippen LogP contribution in [0.15, 0.2) is 23.2 Å². The number of aliphatic imine (C=N–C) groups is 1. The fourth-order valence-corrected chi connectivity index (χ4v) is 7.05. The van der Waals surface area contributed by atoms with Gasteiger partial charge in [-0.3, -0.25) is 4.79 Å². The Bertz CT molecular complexity index is 827. The minimum Gasteiger partial charge on any atom is -0.495 e. The number of nitrogens with zero attached hydrogens (tertiary/aromatic N) is 2. The number of hydrogen-bond donors (Lipinski definition) is 0. The second-order valence-electron chi connectivity index (χ2n) is 5.71. The number of hydrogen-bond acceptors (Lipinski definition) is 6. The molecule has 2 aliphatic heterocycles. The highest BCUT2D eigenvalue weighted by Gasteiger charge is 2.50. The van der Waals surface area contributed by atoms with E-state index in [2.05, 4.69) is 4.99 Å². The Morgan fingerprint density at radius 3 is 2.84 bits per heavy atom. The molecule has 2 aliphatic rings. The molecule has 0 aromatic heterocycles. The van der Waals surface area contributed by atoms with E-state index in [4.69, 9.17) is 21.1 Å². The number of carbonyl (C=O) groups is 1. The summed E-state index contributed by atoms with van der Waals surface area (Å²) in [5.41, 5.74) is 0.594. The zero-order chi connectivity index (χ0) is 18.2. The summed E-state index contributed by atoms with van der Waals surface area (Å²) in [6.07, 6.45) is 0. The molecule has 0 saturated carbocycles. The molecule has 25 heavy (non-hydrogen) atoms. The molecule has 7 nitrogen and oxygen atoms in total. The zero-order valence-electron chi connectivity index (χ0n) is 13.6. The van der Waals surface area contributed by atoms with Crippen molar-refractivity contribution in [2.75, 3.05) is 37.2 Å². The average molecular weight is 405 g/mol. The number of benzene rings is 1. The maximum absolute atomic E-state index is 12.0. The van der Waals surface area contributed by atoms with Crippen molar-refractivity contribution in [2.45, 2.75) is 11.3 Å². The first-order valence-electron chi connectivity index (χ1n) is 7.45. The van der Waals surface area contributed by atoms with Crippen molar-refractivity contribution in [3.8, 4) is 5.75 Å². The Labute approximate surface area is 155 Å². The molecular formula is C15H17ClN2O5S2. The molecule has 0 bridgehead atoms. The first-order valence-corrected chi connectivity index (χ1v) is 10.5. The third-order valence-electron chi connectivity index (χ3n) is 3.96. The molecule has 1 amide bonds. The SMILES string of the molecule is COCC(=O)N=C1S[C@@H]2CS(=O)(=O)C[C@H]2N1c1cc(Cl)ccc1OC. The van der Waals surface area contributed by atoms with E-state index in [1.165, 1.54) is 26.0 Å². The van der Waals surface area contributed by atoms with Crippen LogP contribution in [-0.2, 0) is 19.4 Å². The molecular weight excluding hydrogens is 388 g/mol. The van der Waals surface area contributed by atoms with Crippen LogP contribution in [0.3, 0.4) is 0 Å². The fourth-order valence-electron chi connectivity index (χ4n) is 2.96. The molecule has 2 atom stereocenters. The van der Waals surface area contributed by atoms with Gasteiger partial charge in [-0.1, -0.05) is 23.4 Å². The minimum atomic E-state index is -3.14. The molecule has 0 radical (unpaired) electrons. The van der Waals surface area contributed by atoms with Crippen LogP contribution in [0.5, 0.6) is 5.75 Å². The second kappa shape index (κ2) is 7.14. The number of fused-ring (bicyclic) bond motifs is 1. The maximum atomic E-state index is 12.0. The third kappa shape index (κ3) is 3.79. The van der Waals surface area contributed by atoms with Crippen LogP contribution in [0, 0.1) is 0 Å². The van der Waals surface area contributed by atoms with Crippen molar-refractivity contribution in [2.24, 2.45) is 4.99 Å². The number of halogens is 1. The van der Waals surface area contributed by atoms with Gasteiger partial charge in [0, 0.05) is 17.4 Å². The summed E-state index contributed by atoms with van der Waals surface area (Å²) in [6, 6.07) is 4.75. The van der Waals surface area contributed by atoms with E-state index in [1.54, 1.807) is 23.1 Å². The van der Waals surface area contributed by atoms with E-state index in [1.807, 2.05) is 0 Å². The smallest absolute Gasteiger partial charge is 0.274 e. The molecule has 136 valence electrons. The lowest BCUT2D eigenvalue weighted by Gasteiger charge is -2.26. The van der Waals surface area contributed by atoms with Gasteiger partial charge in [-0.25, -0.2) is 8.42 Å². The van der Waals surface area contributed by atoms with Gasteiger partial charge in [0.25, 0.3) is 5.91 Å². The minimum absolute atomic E-state index is 0.00216. The van der Waals surface area contributed by atoms with Crippen molar-refractivity contribution < 1.29 is 22.7 Å². The number of amides is 1. The molecule has 10 heteroatoms. The van der Waals surface area contributed by atoms with Crippen LogP contribution in [0.1, 0.15) is 0 Å². The average Bonchev–Trinajstić information content (AvgIpc) is 2.98. The van der Waals surface area contributed by atoms with Gasteiger partial charge in [-0.15, -0.1) is 0 Å². The van der Waals surface area contributed by atoms with Gasteiger partial charge in [0.05, 0.1) is 30.3 Å². The molecule has 0 unspecified atom stereocenters. The van der Waals surface area contributed by atoms with Crippen LogP contribution in [-0.4, -0.2) is 63.1 Å². The van der Waals surface area contributed by atoms with Crippen molar-refractivity contribution in [3.05, 3.63) is 23.2 Å². The van der Waals surface area contributed by atoms with Gasteiger partial charge in [0.1, 0.15) is 12.4 Å².